The molecule has 4 rings (SSSR count). The zero-order valence-corrected chi connectivity index (χ0v) is 17.9. The van der Waals surface area contributed by atoms with Crippen LogP contribution in [0.1, 0.15) is 24.3 Å². The van der Waals surface area contributed by atoms with E-state index in [1.807, 2.05) is 60.7 Å². The number of terminal acetylenes is 1. The molecule has 168 valence electrons. The summed E-state index contributed by atoms with van der Waals surface area (Å²) < 4.78 is 30.5. The summed E-state index contributed by atoms with van der Waals surface area (Å²) in [5.41, 5.74) is 1.88. The maximum Gasteiger partial charge on any atom is 0.217 e. The molecule has 0 radical (unpaired) electrons. The summed E-state index contributed by atoms with van der Waals surface area (Å²) in [6.45, 7) is 2.11. The third-order valence-electron chi connectivity index (χ3n) is 5.40. The summed E-state index contributed by atoms with van der Waals surface area (Å²) in [6.07, 6.45) is 2.60. The number of benzene rings is 2. The zero-order valence-electron chi connectivity index (χ0n) is 17.9. The van der Waals surface area contributed by atoms with E-state index in [9.17, 15) is 4.79 Å². The number of hydrogen-bond acceptors (Lipinski definition) is 6. The molecule has 1 amide bonds. The minimum atomic E-state index is -0.761. The third-order valence-corrected chi connectivity index (χ3v) is 5.40. The van der Waals surface area contributed by atoms with Crippen molar-refractivity contribution in [2.45, 2.75) is 50.5 Å². The first-order valence-electron chi connectivity index (χ1n) is 10.6. The Morgan fingerprint density at radius 1 is 1.09 bits per heavy atom. The van der Waals surface area contributed by atoms with Gasteiger partial charge in [0.05, 0.1) is 13.2 Å². The quantitative estimate of drug-likeness (QED) is 0.671. The number of fused-ring (bicyclic) bond motifs is 1. The van der Waals surface area contributed by atoms with E-state index in [4.69, 9.17) is 30.1 Å². The van der Waals surface area contributed by atoms with E-state index >= 15 is 0 Å². The molecule has 0 saturated carbocycles. The minimum Gasteiger partial charge on any atom is -0.360 e. The van der Waals surface area contributed by atoms with Crippen molar-refractivity contribution in [3.63, 3.8) is 0 Å². The van der Waals surface area contributed by atoms with Crippen molar-refractivity contribution in [3.8, 4) is 12.3 Å². The Hall–Kier alpha value is -2.73. The van der Waals surface area contributed by atoms with E-state index in [-0.39, 0.29) is 19.1 Å². The fourth-order valence-corrected chi connectivity index (χ4v) is 3.98. The fraction of sp³-hybridized carbons (Fsp3) is 0.400. The van der Waals surface area contributed by atoms with Crippen molar-refractivity contribution in [1.82, 2.24) is 5.32 Å². The Labute approximate surface area is 187 Å². The summed E-state index contributed by atoms with van der Waals surface area (Å²) in [7, 11) is 0. The molecular formula is C25H27NO6. The first kappa shape index (κ1) is 22.5. The minimum absolute atomic E-state index is 0.0651. The van der Waals surface area contributed by atoms with Crippen LogP contribution in [-0.4, -0.2) is 49.8 Å². The third kappa shape index (κ3) is 5.36. The van der Waals surface area contributed by atoms with Crippen molar-refractivity contribution >= 4 is 5.91 Å². The average Bonchev–Trinajstić information content (AvgIpc) is 2.82. The highest BCUT2D eigenvalue weighted by Crippen LogP contribution is 2.35. The fourth-order valence-electron chi connectivity index (χ4n) is 3.98. The predicted octanol–water partition coefficient (Wildman–Crippen LogP) is 2.57. The lowest BCUT2D eigenvalue weighted by Gasteiger charge is -2.49. The van der Waals surface area contributed by atoms with E-state index in [0.717, 1.165) is 11.1 Å². The monoisotopic (exact) mass is 437 g/mol. The molecule has 6 atom stereocenters. The predicted molar refractivity (Wildman–Crippen MR) is 116 cm³/mol. The maximum absolute atomic E-state index is 12.0. The number of carbonyl (C=O) groups is 1. The molecule has 2 heterocycles. The highest BCUT2D eigenvalue weighted by Gasteiger charge is 2.51. The van der Waals surface area contributed by atoms with Crippen molar-refractivity contribution < 1.29 is 28.5 Å². The van der Waals surface area contributed by atoms with E-state index in [1.165, 1.54) is 6.92 Å². The van der Waals surface area contributed by atoms with Gasteiger partial charge in [-0.1, -0.05) is 66.6 Å². The van der Waals surface area contributed by atoms with Gasteiger partial charge in [0.15, 0.2) is 12.6 Å². The first-order chi connectivity index (χ1) is 15.7. The van der Waals surface area contributed by atoms with Gasteiger partial charge < -0.3 is 29.0 Å². The molecule has 2 aromatic rings. The average molecular weight is 437 g/mol. The summed E-state index contributed by atoms with van der Waals surface area (Å²) in [4.78, 5) is 12.0. The second kappa shape index (κ2) is 10.7. The highest BCUT2D eigenvalue weighted by molar-refractivity contribution is 5.73. The number of ether oxygens (including phenoxy) is 5. The summed E-state index contributed by atoms with van der Waals surface area (Å²) in [5.74, 6) is 2.27. The Bertz CT molecular complexity index is 915. The van der Waals surface area contributed by atoms with Crippen LogP contribution in [0.15, 0.2) is 60.7 Å². The van der Waals surface area contributed by atoms with Gasteiger partial charge >= 0.3 is 0 Å². The molecule has 0 unspecified atom stereocenters. The normalized spacial score (nSPS) is 29.5. The largest absolute Gasteiger partial charge is 0.360 e. The van der Waals surface area contributed by atoms with Gasteiger partial charge in [0.25, 0.3) is 0 Å². The van der Waals surface area contributed by atoms with Gasteiger partial charge in [-0.05, 0) is 5.56 Å². The summed E-state index contributed by atoms with van der Waals surface area (Å²) in [6, 6.07) is 18.8. The van der Waals surface area contributed by atoms with Crippen molar-refractivity contribution in [3.05, 3.63) is 71.8 Å². The van der Waals surface area contributed by atoms with Crippen LogP contribution in [0.3, 0.4) is 0 Å². The van der Waals surface area contributed by atoms with Crippen LogP contribution < -0.4 is 5.32 Å². The van der Waals surface area contributed by atoms with Gasteiger partial charge in [0, 0.05) is 12.5 Å². The van der Waals surface area contributed by atoms with E-state index in [0.29, 0.717) is 6.61 Å². The molecule has 0 bridgehead atoms. The van der Waals surface area contributed by atoms with Gasteiger partial charge in [-0.2, -0.15) is 0 Å². The van der Waals surface area contributed by atoms with Crippen LogP contribution in [-0.2, 0) is 35.1 Å². The van der Waals surface area contributed by atoms with Gasteiger partial charge in [-0.25, -0.2) is 0 Å². The number of carbonyl (C=O) groups excluding carboxylic acids is 1. The van der Waals surface area contributed by atoms with Gasteiger partial charge in [0.1, 0.15) is 31.0 Å². The molecule has 2 saturated heterocycles. The summed E-state index contributed by atoms with van der Waals surface area (Å²) >= 11 is 0. The SMILES string of the molecule is C#CCO[C@@H]1[C@H](NC(C)=O)[C@H](OCc2ccccc2)O[C@H]2CO[C@@H](c3ccccc3)O[C@@H]12. The number of rotatable bonds is 7. The van der Waals surface area contributed by atoms with Crippen molar-refractivity contribution in [2.75, 3.05) is 13.2 Å². The second-order valence-electron chi connectivity index (χ2n) is 7.72. The molecule has 2 aliphatic rings. The molecule has 7 heteroatoms. The lowest BCUT2D eigenvalue weighted by Crippen LogP contribution is -2.67. The Balaban J connectivity index is 1.55. The van der Waals surface area contributed by atoms with Crippen molar-refractivity contribution in [1.29, 1.82) is 0 Å². The Morgan fingerprint density at radius 3 is 2.50 bits per heavy atom. The van der Waals surface area contributed by atoms with Gasteiger partial charge in [0.2, 0.25) is 5.91 Å². The molecule has 7 nitrogen and oxygen atoms in total. The first-order valence-corrected chi connectivity index (χ1v) is 10.6. The van der Waals surface area contributed by atoms with Crippen LogP contribution in [0.4, 0.5) is 0 Å². The van der Waals surface area contributed by atoms with Crippen LogP contribution in [0.5, 0.6) is 0 Å². The summed E-state index contributed by atoms with van der Waals surface area (Å²) in [5, 5.41) is 2.91. The smallest absolute Gasteiger partial charge is 0.217 e. The number of nitrogens with one attached hydrogen (secondary N) is 1. The molecule has 0 aromatic heterocycles. The molecular weight excluding hydrogens is 410 g/mol. The second-order valence-corrected chi connectivity index (χ2v) is 7.72. The zero-order chi connectivity index (χ0) is 22.3. The Morgan fingerprint density at radius 2 is 1.81 bits per heavy atom. The number of hydrogen-bond donors (Lipinski definition) is 1. The highest BCUT2D eigenvalue weighted by atomic mass is 16.7. The van der Waals surface area contributed by atoms with Gasteiger partial charge in [-0.3, -0.25) is 4.79 Å². The van der Waals surface area contributed by atoms with E-state index in [1.54, 1.807) is 0 Å². The van der Waals surface area contributed by atoms with Crippen LogP contribution in [0.25, 0.3) is 0 Å². The topological polar surface area (TPSA) is 75.3 Å². The molecule has 2 aromatic carbocycles. The van der Waals surface area contributed by atoms with E-state index < -0.39 is 36.9 Å². The standard InChI is InChI=1S/C25H27NO6/c1-3-14-28-23-21(26-17(2)27)25(29-15-18-10-6-4-7-11-18)31-20-16-30-24(32-22(20)23)19-12-8-5-9-13-19/h1,4-13,20-25H,14-16H2,2H3,(H,26,27)/t20-,21-,22+,23+,24+,25+/m0/s1. The van der Waals surface area contributed by atoms with Crippen LogP contribution >= 0.6 is 0 Å². The molecule has 0 aliphatic carbocycles. The molecule has 1 N–H and O–H groups in total. The molecule has 0 spiro atoms. The molecule has 2 fully saturated rings. The van der Waals surface area contributed by atoms with Crippen LogP contribution in [0, 0.1) is 12.3 Å². The lowest BCUT2D eigenvalue weighted by atomic mass is 9.95. The van der Waals surface area contributed by atoms with Crippen molar-refractivity contribution in [2.24, 2.45) is 0 Å². The maximum atomic E-state index is 12.0. The van der Waals surface area contributed by atoms with Gasteiger partial charge in [-0.15, -0.1) is 6.42 Å². The molecule has 2 aliphatic heterocycles. The Kier molecular flexibility index (Phi) is 7.53. The molecule has 32 heavy (non-hydrogen) atoms. The number of amides is 1. The van der Waals surface area contributed by atoms with E-state index in [2.05, 4.69) is 11.2 Å². The lowest BCUT2D eigenvalue weighted by molar-refractivity contribution is -0.348. The van der Waals surface area contributed by atoms with Crippen LogP contribution in [0.2, 0.25) is 0 Å².